The molecule has 0 radical (unpaired) electrons. The van der Waals surface area contributed by atoms with Crippen molar-refractivity contribution in [3.05, 3.63) is 101 Å². The number of carbonyl (C=O) groups excluding carboxylic acids is 2. The average Bonchev–Trinajstić information content (AvgIpc) is 3.04. The third kappa shape index (κ3) is 4.58. The Balaban J connectivity index is 1.60. The summed E-state index contributed by atoms with van der Waals surface area (Å²) in [6.45, 7) is -0.199. The van der Waals surface area contributed by atoms with Gasteiger partial charge >= 0.3 is 10.1 Å². The van der Waals surface area contributed by atoms with Crippen LogP contribution in [0.5, 0.6) is 5.75 Å². The summed E-state index contributed by atoms with van der Waals surface area (Å²) in [6.07, 6.45) is 1.39. The summed E-state index contributed by atoms with van der Waals surface area (Å²) in [5, 5.41) is -0.542. The van der Waals surface area contributed by atoms with Crippen LogP contribution in [0.3, 0.4) is 0 Å². The molecule has 0 aromatic heterocycles. The fourth-order valence-electron chi connectivity index (χ4n) is 3.00. The van der Waals surface area contributed by atoms with Crippen molar-refractivity contribution < 1.29 is 26.6 Å². The summed E-state index contributed by atoms with van der Waals surface area (Å²) in [5.74, 6) is -1.10. The van der Waals surface area contributed by atoms with E-state index < -0.39 is 27.1 Å². The molecule has 1 saturated heterocycles. The number of nitrogens with zero attached hydrogens (tertiary/aromatic N) is 1. The number of imide groups is 1. The quantitative estimate of drug-likeness (QED) is 0.380. The highest BCUT2D eigenvalue weighted by molar-refractivity contribution is 8.18. The minimum absolute atomic E-state index is 0.0113. The molecule has 0 N–H and O–H groups in total. The van der Waals surface area contributed by atoms with Crippen molar-refractivity contribution >= 4 is 39.1 Å². The molecule has 162 valence electrons. The number of hydrogen-bond acceptors (Lipinski definition) is 6. The van der Waals surface area contributed by atoms with Gasteiger partial charge in [-0.1, -0.05) is 54.6 Å². The Morgan fingerprint density at radius 2 is 1.56 bits per heavy atom. The molecule has 1 aliphatic heterocycles. The first kappa shape index (κ1) is 21.8. The molecule has 0 aliphatic carbocycles. The van der Waals surface area contributed by atoms with E-state index in [2.05, 4.69) is 0 Å². The number of benzene rings is 3. The van der Waals surface area contributed by atoms with Gasteiger partial charge in [0.1, 0.15) is 16.5 Å². The SMILES string of the molecule is O=C1S/C(=C\c2ccccc2OS(=O)(=O)c2ccccc2)C(=O)N1Cc1ccccc1F. The lowest BCUT2D eigenvalue weighted by Crippen LogP contribution is -2.27. The van der Waals surface area contributed by atoms with Crippen molar-refractivity contribution in [3.8, 4) is 5.75 Å². The zero-order chi connectivity index (χ0) is 22.7. The third-order valence-corrected chi connectivity index (χ3v) is 6.75. The second-order valence-electron chi connectivity index (χ2n) is 6.75. The van der Waals surface area contributed by atoms with E-state index in [1.165, 1.54) is 42.5 Å². The highest BCUT2D eigenvalue weighted by Crippen LogP contribution is 2.35. The molecule has 3 aromatic rings. The number of para-hydroxylation sites is 1. The van der Waals surface area contributed by atoms with Crippen molar-refractivity contribution in [2.45, 2.75) is 11.4 Å². The molecule has 1 fully saturated rings. The fourth-order valence-corrected chi connectivity index (χ4v) is 4.81. The molecule has 0 unspecified atom stereocenters. The van der Waals surface area contributed by atoms with Crippen LogP contribution >= 0.6 is 11.8 Å². The molecule has 1 aliphatic rings. The van der Waals surface area contributed by atoms with E-state index in [0.717, 1.165) is 4.90 Å². The lowest BCUT2D eigenvalue weighted by atomic mass is 10.1. The number of amides is 2. The number of rotatable bonds is 6. The highest BCUT2D eigenvalue weighted by Gasteiger charge is 2.35. The molecular weight excluding hydrogens is 453 g/mol. The van der Waals surface area contributed by atoms with Gasteiger partial charge in [0, 0.05) is 11.1 Å². The van der Waals surface area contributed by atoms with Gasteiger partial charge in [0.15, 0.2) is 0 Å². The minimum atomic E-state index is -4.09. The first-order valence-electron chi connectivity index (χ1n) is 9.42. The molecule has 0 bridgehead atoms. The predicted octanol–water partition coefficient (Wildman–Crippen LogP) is 4.83. The van der Waals surface area contributed by atoms with E-state index in [9.17, 15) is 22.4 Å². The van der Waals surface area contributed by atoms with Crippen LogP contribution in [0.2, 0.25) is 0 Å². The van der Waals surface area contributed by atoms with Crippen LogP contribution in [0.25, 0.3) is 6.08 Å². The van der Waals surface area contributed by atoms with Crippen molar-refractivity contribution in [3.63, 3.8) is 0 Å². The van der Waals surface area contributed by atoms with E-state index in [1.54, 1.807) is 42.5 Å². The molecule has 0 spiro atoms. The highest BCUT2D eigenvalue weighted by atomic mass is 32.2. The second kappa shape index (κ2) is 8.97. The van der Waals surface area contributed by atoms with Crippen LogP contribution in [0, 0.1) is 5.82 Å². The van der Waals surface area contributed by atoms with Gasteiger partial charge in [-0.2, -0.15) is 8.42 Å². The smallest absolute Gasteiger partial charge is 0.339 e. The van der Waals surface area contributed by atoms with Gasteiger partial charge in [0.05, 0.1) is 11.4 Å². The van der Waals surface area contributed by atoms with E-state index >= 15 is 0 Å². The van der Waals surface area contributed by atoms with Gasteiger partial charge in [-0.05, 0) is 42.1 Å². The number of halogens is 1. The summed E-state index contributed by atoms with van der Waals surface area (Å²) >= 11 is 0.696. The lowest BCUT2D eigenvalue weighted by molar-refractivity contribution is -0.123. The van der Waals surface area contributed by atoms with Crippen molar-refractivity contribution in [2.75, 3.05) is 0 Å². The van der Waals surface area contributed by atoms with Crippen molar-refractivity contribution in [2.24, 2.45) is 0 Å². The van der Waals surface area contributed by atoms with Gasteiger partial charge in [-0.3, -0.25) is 14.5 Å². The van der Waals surface area contributed by atoms with Crippen LogP contribution in [0.4, 0.5) is 9.18 Å². The standard InChI is InChI=1S/C23H16FNO5S2/c24-19-12-6-4-9-17(19)15-25-22(26)21(31-23(25)27)14-16-8-5-7-13-20(16)30-32(28,29)18-10-2-1-3-11-18/h1-14H,15H2/b21-14-. The zero-order valence-electron chi connectivity index (χ0n) is 16.5. The van der Waals surface area contributed by atoms with Gasteiger partial charge in [-0.25, -0.2) is 4.39 Å². The van der Waals surface area contributed by atoms with Gasteiger partial charge in [0.2, 0.25) is 0 Å². The lowest BCUT2D eigenvalue weighted by Gasteiger charge is -2.13. The molecule has 6 nitrogen and oxygen atoms in total. The van der Waals surface area contributed by atoms with Gasteiger partial charge in [-0.15, -0.1) is 0 Å². The van der Waals surface area contributed by atoms with Crippen LogP contribution in [0.15, 0.2) is 88.7 Å². The molecular formula is C23H16FNO5S2. The van der Waals surface area contributed by atoms with Crippen LogP contribution < -0.4 is 4.18 Å². The fraction of sp³-hybridized carbons (Fsp3) is 0.0435. The van der Waals surface area contributed by atoms with Crippen LogP contribution in [-0.2, 0) is 21.5 Å². The normalized spacial score (nSPS) is 15.4. The first-order valence-corrected chi connectivity index (χ1v) is 11.6. The summed E-state index contributed by atoms with van der Waals surface area (Å²) in [7, 11) is -4.09. The number of carbonyl (C=O) groups is 2. The third-order valence-electron chi connectivity index (χ3n) is 4.60. The Labute approximate surface area is 188 Å². The first-order chi connectivity index (χ1) is 15.3. The molecule has 9 heteroatoms. The maximum Gasteiger partial charge on any atom is 0.339 e. The van der Waals surface area contributed by atoms with Gasteiger partial charge < -0.3 is 4.18 Å². The summed E-state index contributed by atoms with van der Waals surface area (Å²) < 4.78 is 44.4. The van der Waals surface area contributed by atoms with Gasteiger partial charge in [0.25, 0.3) is 11.1 Å². The maximum atomic E-state index is 13.9. The van der Waals surface area contributed by atoms with E-state index in [4.69, 9.17) is 4.18 Å². The Morgan fingerprint density at radius 3 is 2.31 bits per heavy atom. The average molecular weight is 470 g/mol. The number of thioether (sulfide) groups is 1. The molecule has 0 atom stereocenters. The summed E-state index contributed by atoms with van der Waals surface area (Å²) in [6, 6.07) is 19.8. The molecule has 0 saturated carbocycles. The van der Waals surface area contributed by atoms with Crippen LogP contribution in [0.1, 0.15) is 11.1 Å². The number of hydrogen-bond donors (Lipinski definition) is 0. The van der Waals surface area contributed by atoms with E-state index in [-0.39, 0.29) is 27.7 Å². The monoisotopic (exact) mass is 469 g/mol. The zero-order valence-corrected chi connectivity index (χ0v) is 18.1. The van der Waals surface area contributed by atoms with Crippen LogP contribution in [-0.4, -0.2) is 24.5 Å². The molecule has 3 aromatic carbocycles. The maximum absolute atomic E-state index is 13.9. The van der Waals surface area contributed by atoms with E-state index in [0.29, 0.717) is 17.3 Å². The Morgan fingerprint density at radius 1 is 0.906 bits per heavy atom. The Bertz CT molecular complexity index is 1320. The Hall–Kier alpha value is -3.43. The topological polar surface area (TPSA) is 80.8 Å². The Kier molecular flexibility index (Phi) is 6.11. The van der Waals surface area contributed by atoms with Crippen molar-refractivity contribution in [1.29, 1.82) is 0 Å². The molecule has 4 rings (SSSR count). The predicted molar refractivity (Wildman–Crippen MR) is 119 cm³/mol. The minimum Gasteiger partial charge on any atom is -0.378 e. The molecule has 2 amide bonds. The van der Waals surface area contributed by atoms with E-state index in [1.807, 2.05) is 0 Å². The second-order valence-corrected chi connectivity index (χ2v) is 9.29. The van der Waals surface area contributed by atoms with Crippen molar-refractivity contribution in [1.82, 2.24) is 4.90 Å². The largest absolute Gasteiger partial charge is 0.378 e. The summed E-state index contributed by atoms with van der Waals surface area (Å²) in [4.78, 5) is 26.2. The summed E-state index contributed by atoms with van der Waals surface area (Å²) in [5.41, 5.74) is 0.525. The molecule has 1 heterocycles. The molecule has 32 heavy (non-hydrogen) atoms.